The van der Waals surface area contributed by atoms with E-state index in [2.05, 4.69) is 13.0 Å². The Labute approximate surface area is 121 Å². The number of unbranched alkanes of at least 4 members (excludes halogenated alkanes) is 3. The Bertz CT molecular complexity index is 427. The zero-order valence-corrected chi connectivity index (χ0v) is 12.2. The van der Waals surface area contributed by atoms with Gasteiger partial charge in [0.05, 0.1) is 24.8 Å². The van der Waals surface area contributed by atoms with Crippen molar-refractivity contribution in [3.05, 3.63) is 35.4 Å². The molecule has 0 atom stereocenters. The van der Waals surface area contributed by atoms with Crippen molar-refractivity contribution in [1.82, 2.24) is 0 Å². The van der Waals surface area contributed by atoms with Gasteiger partial charge < -0.3 is 9.47 Å². The molecule has 0 aliphatic carbocycles. The molecule has 3 heteroatoms. The van der Waals surface area contributed by atoms with E-state index in [0.29, 0.717) is 11.5 Å². The summed E-state index contributed by atoms with van der Waals surface area (Å²) in [5.74, 6) is 0.529. The molecule has 1 saturated heterocycles. The molecule has 0 aromatic heterocycles. The number of nitrogens with zero attached hydrogens (tertiary/aromatic N) is 1. The molecule has 2 rings (SSSR count). The molecule has 0 amide bonds. The largest absolute Gasteiger partial charge is 0.348 e. The third-order valence-electron chi connectivity index (χ3n) is 3.74. The summed E-state index contributed by atoms with van der Waals surface area (Å²) >= 11 is 0. The van der Waals surface area contributed by atoms with Gasteiger partial charge in [-0.2, -0.15) is 5.26 Å². The molecule has 0 spiro atoms. The summed E-state index contributed by atoms with van der Waals surface area (Å²) in [6, 6.07) is 9.54. The summed E-state index contributed by atoms with van der Waals surface area (Å²) < 4.78 is 11.6. The second kappa shape index (κ2) is 8.04. The lowest BCUT2D eigenvalue weighted by atomic mass is 10.0. The van der Waals surface area contributed by atoms with Gasteiger partial charge in [0.25, 0.3) is 0 Å². The van der Waals surface area contributed by atoms with Crippen molar-refractivity contribution < 1.29 is 9.47 Å². The van der Waals surface area contributed by atoms with Crippen LogP contribution in [0.3, 0.4) is 0 Å². The van der Waals surface area contributed by atoms with Crippen LogP contribution >= 0.6 is 0 Å². The molecular weight excluding hydrogens is 250 g/mol. The molecule has 1 aromatic carbocycles. The molecule has 0 unspecified atom stereocenters. The summed E-state index contributed by atoms with van der Waals surface area (Å²) in [5.41, 5.74) is 1.66. The topological polar surface area (TPSA) is 42.2 Å². The van der Waals surface area contributed by atoms with Crippen LogP contribution in [0.4, 0.5) is 0 Å². The molecule has 1 heterocycles. The van der Waals surface area contributed by atoms with Crippen LogP contribution in [0.15, 0.2) is 24.3 Å². The average Bonchev–Trinajstić information content (AvgIpc) is 2.52. The minimum atomic E-state index is -0.269. The lowest BCUT2D eigenvalue weighted by molar-refractivity contribution is -0.206. The van der Waals surface area contributed by atoms with Crippen LogP contribution in [0.5, 0.6) is 0 Å². The fraction of sp³-hybridized carbons (Fsp3) is 0.588. The van der Waals surface area contributed by atoms with Gasteiger partial charge in [-0.1, -0.05) is 44.7 Å². The summed E-state index contributed by atoms with van der Waals surface area (Å²) in [6.07, 6.45) is 6.11. The third kappa shape index (κ3) is 4.33. The van der Waals surface area contributed by atoms with E-state index in [4.69, 9.17) is 14.7 Å². The van der Waals surface area contributed by atoms with Crippen LogP contribution in [0.2, 0.25) is 0 Å². The highest BCUT2D eigenvalue weighted by Gasteiger charge is 2.23. The summed E-state index contributed by atoms with van der Waals surface area (Å²) in [4.78, 5) is 0. The SMILES string of the molecule is CCCCCCC1COC(c2ccc(C#N)cc2)OC1. The van der Waals surface area contributed by atoms with Crippen LogP contribution in [-0.2, 0) is 9.47 Å². The van der Waals surface area contributed by atoms with E-state index in [-0.39, 0.29) is 6.29 Å². The van der Waals surface area contributed by atoms with E-state index >= 15 is 0 Å². The van der Waals surface area contributed by atoms with Crippen LogP contribution in [0.1, 0.15) is 56.4 Å². The first-order chi connectivity index (χ1) is 9.83. The van der Waals surface area contributed by atoms with Crippen molar-refractivity contribution in [2.45, 2.75) is 45.3 Å². The highest BCUT2D eigenvalue weighted by atomic mass is 16.7. The maximum atomic E-state index is 8.78. The minimum absolute atomic E-state index is 0.269. The molecule has 0 saturated carbocycles. The van der Waals surface area contributed by atoms with Crippen molar-refractivity contribution in [3.8, 4) is 6.07 Å². The predicted molar refractivity (Wildman–Crippen MR) is 78.1 cm³/mol. The zero-order valence-electron chi connectivity index (χ0n) is 12.2. The number of hydrogen-bond donors (Lipinski definition) is 0. The lowest BCUT2D eigenvalue weighted by Crippen LogP contribution is -2.27. The van der Waals surface area contributed by atoms with E-state index in [9.17, 15) is 0 Å². The molecule has 1 aromatic rings. The van der Waals surface area contributed by atoms with Crippen molar-refractivity contribution in [3.63, 3.8) is 0 Å². The van der Waals surface area contributed by atoms with Gasteiger partial charge in [-0.25, -0.2) is 0 Å². The smallest absolute Gasteiger partial charge is 0.183 e. The Kier molecular flexibility index (Phi) is 6.04. The molecule has 108 valence electrons. The fourth-order valence-corrected chi connectivity index (χ4v) is 2.48. The standard InChI is InChI=1S/C17H23NO2/c1-2-3-4-5-6-15-12-19-17(20-13-15)16-9-7-14(11-18)8-10-16/h7-10,15,17H,2-6,12-13H2,1H3. The van der Waals surface area contributed by atoms with Gasteiger partial charge >= 0.3 is 0 Å². The normalized spacial score (nSPS) is 22.4. The molecular formula is C17H23NO2. The first-order valence-electron chi connectivity index (χ1n) is 7.56. The lowest BCUT2D eigenvalue weighted by Gasteiger charge is -2.29. The van der Waals surface area contributed by atoms with Crippen LogP contribution in [0, 0.1) is 17.2 Å². The van der Waals surface area contributed by atoms with Crippen molar-refractivity contribution in [2.75, 3.05) is 13.2 Å². The summed E-state index contributed by atoms with van der Waals surface area (Å²) in [5, 5.41) is 8.78. The Morgan fingerprint density at radius 1 is 1.10 bits per heavy atom. The van der Waals surface area contributed by atoms with Gasteiger partial charge in [0, 0.05) is 11.5 Å². The molecule has 3 nitrogen and oxygen atoms in total. The number of benzene rings is 1. The number of rotatable bonds is 6. The summed E-state index contributed by atoms with van der Waals surface area (Å²) in [7, 11) is 0. The molecule has 1 aliphatic rings. The Morgan fingerprint density at radius 3 is 2.40 bits per heavy atom. The van der Waals surface area contributed by atoms with E-state index < -0.39 is 0 Å². The average molecular weight is 273 g/mol. The third-order valence-corrected chi connectivity index (χ3v) is 3.74. The minimum Gasteiger partial charge on any atom is -0.348 e. The van der Waals surface area contributed by atoms with E-state index in [1.165, 1.54) is 32.1 Å². The zero-order chi connectivity index (χ0) is 14.2. The highest BCUT2D eigenvalue weighted by molar-refractivity contribution is 5.32. The van der Waals surface area contributed by atoms with Gasteiger partial charge in [0.2, 0.25) is 0 Å². The number of ether oxygens (including phenoxy) is 2. The first-order valence-corrected chi connectivity index (χ1v) is 7.56. The maximum absolute atomic E-state index is 8.78. The quantitative estimate of drug-likeness (QED) is 0.730. The Morgan fingerprint density at radius 2 is 1.80 bits per heavy atom. The van der Waals surface area contributed by atoms with E-state index in [0.717, 1.165) is 18.8 Å². The van der Waals surface area contributed by atoms with Gasteiger partial charge in [-0.15, -0.1) is 0 Å². The number of nitriles is 1. The highest BCUT2D eigenvalue weighted by Crippen LogP contribution is 2.27. The molecule has 0 bridgehead atoms. The molecule has 1 fully saturated rings. The van der Waals surface area contributed by atoms with Crippen molar-refractivity contribution in [1.29, 1.82) is 5.26 Å². The predicted octanol–water partition coefficient (Wildman–Crippen LogP) is 4.19. The van der Waals surface area contributed by atoms with Gasteiger partial charge in [0.1, 0.15) is 0 Å². The van der Waals surface area contributed by atoms with Crippen molar-refractivity contribution in [2.24, 2.45) is 5.92 Å². The first kappa shape index (κ1) is 15.0. The Balaban J connectivity index is 1.74. The maximum Gasteiger partial charge on any atom is 0.183 e. The Hall–Kier alpha value is -1.37. The van der Waals surface area contributed by atoms with Crippen LogP contribution < -0.4 is 0 Å². The van der Waals surface area contributed by atoms with Gasteiger partial charge in [-0.3, -0.25) is 0 Å². The monoisotopic (exact) mass is 273 g/mol. The molecule has 0 radical (unpaired) electrons. The van der Waals surface area contributed by atoms with Crippen LogP contribution in [-0.4, -0.2) is 13.2 Å². The van der Waals surface area contributed by atoms with Gasteiger partial charge in [0.15, 0.2) is 6.29 Å². The molecule has 1 aliphatic heterocycles. The second-order valence-corrected chi connectivity index (χ2v) is 5.45. The molecule has 0 N–H and O–H groups in total. The van der Waals surface area contributed by atoms with E-state index in [1.54, 1.807) is 12.1 Å². The number of hydrogen-bond acceptors (Lipinski definition) is 3. The summed E-state index contributed by atoms with van der Waals surface area (Å²) in [6.45, 7) is 3.78. The molecule has 20 heavy (non-hydrogen) atoms. The van der Waals surface area contributed by atoms with Crippen molar-refractivity contribution >= 4 is 0 Å². The van der Waals surface area contributed by atoms with Gasteiger partial charge in [-0.05, 0) is 18.6 Å². The van der Waals surface area contributed by atoms with E-state index in [1.807, 2.05) is 12.1 Å². The van der Waals surface area contributed by atoms with Crippen LogP contribution in [0.25, 0.3) is 0 Å². The second-order valence-electron chi connectivity index (χ2n) is 5.45. The fourth-order valence-electron chi connectivity index (χ4n) is 2.48.